The molecule has 0 bridgehead atoms. The molecule has 2 aliphatic rings. The monoisotopic (exact) mass is 283 g/mol. The minimum Gasteiger partial charge on any atom is -0.480 e. The third kappa shape index (κ3) is 3.62. The largest absolute Gasteiger partial charge is 0.480 e. The standard InChI is InChI=1S/C14H25N3O3/c1-11-5-7-14(8-6-11,12(18)19)15-13(20)16-17-9-3-2-4-10-17/h11H,2-10H2,1H3,(H,18,19)(H2,15,16,20). The second-order valence-electron chi connectivity index (χ2n) is 6.18. The van der Waals surface area contributed by atoms with E-state index in [1.165, 1.54) is 6.42 Å². The Balaban J connectivity index is 1.90. The summed E-state index contributed by atoms with van der Waals surface area (Å²) in [7, 11) is 0. The van der Waals surface area contributed by atoms with Crippen LogP contribution in [0.3, 0.4) is 0 Å². The van der Waals surface area contributed by atoms with Gasteiger partial charge in [0, 0.05) is 13.1 Å². The van der Waals surface area contributed by atoms with Gasteiger partial charge < -0.3 is 10.4 Å². The van der Waals surface area contributed by atoms with Crippen LogP contribution in [-0.4, -0.2) is 40.7 Å². The van der Waals surface area contributed by atoms with Crippen LogP contribution >= 0.6 is 0 Å². The molecule has 0 unspecified atom stereocenters. The average molecular weight is 283 g/mol. The fraction of sp³-hybridized carbons (Fsp3) is 0.857. The van der Waals surface area contributed by atoms with Crippen molar-refractivity contribution in [3.8, 4) is 0 Å². The molecule has 6 heteroatoms. The van der Waals surface area contributed by atoms with E-state index < -0.39 is 11.5 Å². The summed E-state index contributed by atoms with van der Waals surface area (Å²) in [6.45, 7) is 3.80. The lowest BCUT2D eigenvalue weighted by molar-refractivity contribution is -0.146. The van der Waals surface area contributed by atoms with Crippen LogP contribution in [-0.2, 0) is 4.79 Å². The molecule has 2 fully saturated rings. The Morgan fingerprint density at radius 1 is 1.15 bits per heavy atom. The van der Waals surface area contributed by atoms with Gasteiger partial charge in [-0.2, -0.15) is 0 Å². The van der Waals surface area contributed by atoms with Crippen LogP contribution in [0.5, 0.6) is 0 Å². The predicted octanol–water partition coefficient (Wildman–Crippen LogP) is 1.72. The number of carboxylic acid groups (broad SMARTS) is 1. The highest BCUT2D eigenvalue weighted by atomic mass is 16.4. The average Bonchev–Trinajstić information content (AvgIpc) is 2.42. The smallest absolute Gasteiger partial charge is 0.330 e. The highest BCUT2D eigenvalue weighted by Gasteiger charge is 2.42. The van der Waals surface area contributed by atoms with Gasteiger partial charge in [-0.3, -0.25) is 5.43 Å². The number of rotatable bonds is 3. The number of carbonyl (C=O) groups excluding carboxylic acids is 1. The van der Waals surface area contributed by atoms with Gasteiger partial charge in [-0.05, 0) is 44.4 Å². The van der Waals surface area contributed by atoms with Gasteiger partial charge in [-0.25, -0.2) is 14.6 Å². The summed E-state index contributed by atoms with van der Waals surface area (Å²) in [5.41, 5.74) is 1.69. The molecule has 1 heterocycles. The quantitative estimate of drug-likeness (QED) is 0.736. The number of hydrazine groups is 1. The van der Waals surface area contributed by atoms with Gasteiger partial charge >= 0.3 is 12.0 Å². The van der Waals surface area contributed by atoms with E-state index in [9.17, 15) is 14.7 Å². The molecule has 114 valence electrons. The summed E-state index contributed by atoms with van der Waals surface area (Å²) in [6.07, 6.45) is 6.04. The second kappa shape index (κ2) is 6.43. The molecule has 0 spiro atoms. The lowest BCUT2D eigenvalue weighted by atomic mass is 9.77. The number of nitrogens with zero attached hydrogens (tertiary/aromatic N) is 1. The van der Waals surface area contributed by atoms with Crippen molar-refractivity contribution in [3.05, 3.63) is 0 Å². The van der Waals surface area contributed by atoms with Crippen molar-refractivity contribution in [1.29, 1.82) is 0 Å². The molecule has 1 saturated carbocycles. The molecule has 1 aliphatic heterocycles. The van der Waals surface area contributed by atoms with Crippen molar-refractivity contribution >= 4 is 12.0 Å². The summed E-state index contributed by atoms with van der Waals surface area (Å²) in [5.74, 6) is -0.382. The van der Waals surface area contributed by atoms with Crippen molar-refractivity contribution in [1.82, 2.24) is 15.8 Å². The Morgan fingerprint density at radius 3 is 2.30 bits per heavy atom. The number of hydrogen-bond acceptors (Lipinski definition) is 3. The number of amides is 2. The highest BCUT2D eigenvalue weighted by Crippen LogP contribution is 2.32. The van der Waals surface area contributed by atoms with E-state index in [1.54, 1.807) is 0 Å². The van der Waals surface area contributed by atoms with E-state index >= 15 is 0 Å². The number of hydrogen-bond donors (Lipinski definition) is 3. The molecular weight excluding hydrogens is 258 g/mol. The third-order valence-electron chi connectivity index (χ3n) is 4.51. The fourth-order valence-electron chi connectivity index (χ4n) is 3.04. The molecule has 3 N–H and O–H groups in total. The van der Waals surface area contributed by atoms with E-state index in [1.807, 2.05) is 5.01 Å². The molecule has 2 rings (SSSR count). The zero-order chi connectivity index (χ0) is 14.6. The van der Waals surface area contributed by atoms with Crippen LogP contribution in [0.15, 0.2) is 0 Å². The Kier molecular flexibility index (Phi) is 4.86. The number of nitrogens with one attached hydrogen (secondary N) is 2. The Labute approximate surface area is 119 Å². The molecule has 2 amide bonds. The molecule has 1 saturated heterocycles. The normalized spacial score (nSPS) is 31.6. The number of carboxylic acids is 1. The zero-order valence-electron chi connectivity index (χ0n) is 12.2. The van der Waals surface area contributed by atoms with Gasteiger partial charge in [0.15, 0.2) is 0 Å². The SMILES string of the molecule is CC1CCC(NC(=O)NN2CCCCC2)(C(=O)O)CC1. The Morgan fingerprint density at radius 2 is 1.75 bits per heavy atom. The Bertz CT molecular complexity index is 359. The summed E-state index contributed by atoms with van der Waals surface area (Å²) in [6, 6.07) is -0.385. The molecule has 1 aliphatic carbocycles. The van der Waals surface area contributed by atoms with Crippen LogP contribution in [0.1, 0.15) is 51.9 Å². The topological polar surface area (TPSA) is 81.7 Å². The van der Waals surface area contributed by atoms with E-state index in [4.69, 9.17) is 0 Å². The summed E-state index contributed by atoms with van der Waals surface area (Å²) in [5, 5.41) is 14.1. The maximum atomic E-state index is 12.0. The van der Waals surface area contributed by atoms with Crippen molar-refractivity contribution in [3.63, 3.8) is 0 Å². The molecule has 0 aromatic heterocycles. The molecule has 0 atom stereocenters. The Hall–Kier alpha value is -1.30. The molecule has 0 aromatic carbocycles. The minimum atomic E-state index is -1.09. The van der Waals surface area contributed by atoms with Gasteiger partial charge in [0.2, 0.25) is 0 Å². The van der Waals surface area contributed by atoms with Gasteiger partial charge in [0.1, 0.15) is 5.54 Å². The van der Waals surface area contributed by atoms with Crippen LogP contribution < -0.4 is 10.7 Å². The molecule has 0 aromatic rings. The van der Waals surface area contributed by atoms with E-state index in [0.717, 1.165) is 38.8 Å². The van der Waals surface area contributed by atoms with Crippen molar-refractivity contribution in [2.24, 2.45) is 5.92 Å². The zero-order valence-corrected chi connectivity index (χ0v) is 12.2. The lowest BCUT2D eigenvalue weighted by Gasteiger charge is -2.37. The minimum absolute atomic E-state index is 0.385. The predicted molar refractivity (Wildman–Crippen MR) is 75.1 cm³/mol. The number of aliphatic carboxylic acids is 1. The molecule has 6 nitrogen and oxygen atoms in total. The number of carbonyl (C=O) groups is 2. The number of piperidine rings is 1. The highest BCUT2D eigenvalue weighted by molar-refractivity contribution is 5.86. The van der Waals surface area contributed by atoms with Crippen molar-refractivity contribution in [2.45, 2.75) is 57.4 Å². The van der Waals surface area contributed by atoms with Gasteiger partial charge in [-0.15, -0.1) is 0 Å². The summed E-state index contributed by atoms with van der Waals surface area (Å²) >= 11 is 0. The first-order chi connectivity index (χ1) is 9.52. The van der Waals surface area contributed by atoms with Crippen LogP contribution in [0.4, 0.5) is 4.79 Å². The van der Waals surface area contributed by atoms with E-state index in [2.05, 4.69) is 17.7 Å². The third-order valence-corrected chi connectivity index (χ3v) is 4.51. The van der Waals surface area contributed by atoms with Gasteiger partial charge in [-0.1, -0.05) is 13.3 Å². The van der Waals surface area contributed by atoms with Crippen LogP contribution in [0, 0.1) is 5.92 Å². The summed E-state index contributed by atoms with van der Waals surface area (Å²) < 4.78 is 0. The summed E-state index contributed by atoms with van der Waals surface area (Å²) in [4.78, 5) is 23.6. The van der Waals surface area contributed by atoms with Crippen molar-refractivity contribution in [2.75, 3.05) is 13.1 Å². The maximum Gasteiger partial charge on any atom is 0.330 e. The van der Waals surface area contributed by atoms with Gasteiger partial charge in [0.05, 0.1) is 0 Å². The first-order valence-corrected chi connectivity index (χ1v) is 7.59. The molecular formula is C14H25N3O3. The lowest BCUT2D eigenvalue weighted by Crippen LogP contribution is -2.61. The fourth-order valence-corrected chi connectivity index (χ4v) is 3.04. The van der Waals surface area contributed by atoms with Crippen LogP contribution in [0.25, 0.3) is 0 Å². The first-order valence-electron chi connectivity index (χ1n) is 7.59. The first kappa shape index (κ1) is 15.1. The molecule has 20 heavy (non-hydrogen) atoms. The van der Waals surface area contributed by atoms with Crippen LogP contribution in [0.2, 0.25) is 0 Å². The van der Waals surface area contributed by atoms with E-state index in [0.29, 0.717) is 18.8 Å². The molecule has 0 radical (unpaired) electrons. The number of urea groups is 1. The maximum absolute atomic E-state index is 12.0. The van der Waals surface area contributed by atoms with E-state index in [-0.39, 0.29) is 6.03 Å². The van der Waals surface area contributed by atoms with Crippen molar-refractivity contribution < 1.29 is 14.7 Å². The second-order valence-corrected chi connectivity index (χ2v) is 6.18. The van der Waals surface area contributed by atoms with Gasteiger partial charge in [0.25, 0.3) is 0 Å².